The summed E-state index contributed by atoms with van der Waals surface area (Å²) in [6, 6.07) is 14.7. The number of esters is 2. The fraction of sp³-hybridized carbons (Fsp3) is 0.296. The van der Waals surface area contributed by atoms with Crippen LogP contribution in [-0.2, 0) is 23.9 Å². The number of hydrogen-bond acceptors (Lipinski definition) is 8. The van der Waals surface area contributed by atoms with Crippen molar-refractivity contribution in [2.75, 3.05) is 13.7 Å². The van der Waals surface area contributed by atoms with Crippen molar-refractivity contribution in [2.24, 2.45) is 0 Å². The molecule has 0 fully saturated rings. The third-order valence-corrected chi connectivity index (χ3v) is 5.50. The molecule has 2 N–H and O–H groups in total. The smallest absolute Gasteiger partial charge is 0.336 e. The highest BCUT2D eigenvalue weighted by Gasteiger charge is 2.39. The Morgan fingerprint density at radius 1 is 1.05 bits per heavy atom. The monoisotopic (exact) mass is 507 g/mol. The van der Waals surface area contributed by atoms with Crippen molar-refractivity contribution < 1.29 is 28.8 Å². The second-order valence-electron chi connectivity index (χ2n) is 9.36. The van der Waals surface area contributed by atoms with Gasteiger partial charge in [-0.15, -0.1) is 0 Å². The first kappa shape index (κ1) is 27.1. The molecule has 1 heterocycles. The van der Waals surface area contributed by atoms with E-state index in [1.807, 2.05) is 6.07 Å². The largest absolute Gasteiger partial charge is 0.466 e. The van der Waals surface area contributed by atoms with Crippen LogP contribution >= 0.6 is 0 Å². The molecule has 1 aliphatic rings. The number of nitro benzene ring substituents is 1. The molecule has 1 aliphatic heterocycles. The van der Waals surface area contributed by atoms with Crippen LogP contribution in [0.2, 0.25) is 0 Å². The molecular weight excluding hydrogens is 478 g/mol. The van der Waals surface area contributed by atoms with Crippen molar-refractivity contribution in [3.05, 3.63) is 92.7 Å². The highest BCUT2D eigenvalue weighted by molar-refractivity contribution is 6.07. The van der Waals surface area contributed by atoms with Gasteiger partial charge in [0.25, 0.3) is 5.69 Å². The summed E-state index contributed by atoms with van der Waals surface area (Å²) in [5, 5.41) is 17.2. The van der Waals surface area contributed by atoms with Gasteiger partial charge in [-0.3, -0.25) is 19.7 Å². The molecule has 3 rings (SSSR count). The van der Waals surface area contributed by atoms with Crippen LogP contribution in [0.1, 0.15) is 44.7 Å². The molecule has 0 saturated carbocycles. The van der Waals surface area contributed by atoms with Crippen LogP contribution in [0.3, 0.4) is 0 Å². The molecule has 0 bridgehead atoms. The third-order valence-electron chi connectivity index (χ3n) is 5.50. The quantitative estimate of drug-likeness (QED) is 0.330. The van der Waals surface area contributed by atoms with E-state index in [0.29, 0.717) is 22.5 Å². The Labute approximate surface area is 214 Å². The Morgan fingerprint density at radius 3 is 2.32 bits per heavy atom. The summed E-state index contributed by atoms with van der Waals surface area (Å²) in [6.07, 6.45) is 0. The predicted octanol–water partition coefficient (Wildman–Crippen LogP) is 3.60. The maximum absolute atomic E-state index is 13.5. The number of benzene rings is 2. The first-order valence-electron chi connectivity index (χ1n) is 11.5. The number of amides is 1. The highest BCUT2D eigenvalue weighted by Crippen LogP contribution is 2.42. The van der Waals surface area contributed by atoms with Crippen molar-refractivity contribution in [3.63, 3.8) is 0 Å². The Kier molecular flexibility index (Phi) is 8.11. The van der Waals surface area contributed by atoms with Gasteiger partial charge >= 0.3 is 11.9 Å². The molecule has 1 amide bonds. The van der Waals surface area contributed by atoms with E-state index in [1.165, 1.54) is 25.3 Å². The summed E-state index contributed by atoms with van der Waals surface area (Å²) < 4.78 is 10.4. The molecule has 194 valence electrons. The number of dihydropyridines is 1. The van der Waals surface area contributed by atoms with Gasteiger partial charge in [-0.25, -0.2) is 4.79 Å². The Hall–Kier alpha value is -4.47. The number of nitrogens with zero attached hydrogens (tertiary/aromatic N) is 1. The second-order valence-corrected chi connectivity index (χ2v) is 9.36. The average molecular weight is 508 g/mol. The average Bonchev–Trinajstić information content (AvgIpc) is 2.85. The summed E-state index contributed by atoms with van der Waals surface area (Å²) in [4.78, 5) is 49.8. The summed E-state index contributed by atoms with van der Waals surface area (Å²) in [5.41, 5.74) is 1.09. The third kappa shape index (κ3) is 6.40. The molecule has 0 spiro atoms. The van der Waals surface area contributed by atoms with Gasteiger partial charge < -0.3 is 20.1 Å². The molecule has 0 aromatic heterocycles. The number of non-ortho nitro benzene ring substituents is 1. The number of carbonyl (C=O) groups excluding carboxylic acids is 3. The van der Waals surface area contributed by atoms with Gasteiger partial charge in [0.15, 0.2) is 0 Å². The fourth-order valence-corrected chi connectivity index (χ4v) is 4.07. The van der Waals surface area contributed by atoms with Gasteiger partial charge in [0.05, 0.1) is 29.2 Å². The molecule has 37 heavy (non-hydrogen) atoms. The topological polar surface area (TPSA) is 137 Å². The van der Waals surface area contributed by atoms with Gasteiger partial charge in [0.2, 0.25) is 5.91 Å². The summed E-state index contributed by atoms with van der Waals surface area (Å²) in [7, 11) is 1.22. The van der Waals surface area contributed by atoms with Crippen molar-refractivity contribution in [3.8, 4) is 0 Å². The SMILES string of the molecule is COC(=O)C1=C(c2ccccc2)NC(C)=C(C(=O)NCC(=O)OC(C)(C)C)C1c1cccc([N+](=O)[O-])c1. The molecule has 10 heteroatoms. The number of carbonyl (C=O) groups is 3. The van der Waals surface area contributed by atoms with E-state index >= 15 is 0 Å². The van der Waals surface area contributed by atoms with Crippen molar-refractivity contribution in [1.82, 2.24) is 10.6 Å². The molecular formula is C27H29N3O7. The van der Waals surface area contributed by atoms with Gasteiger partial charge in [-0.1, -0.05) is 42.5 Å². The number of nitrogens with one attached hydrogen (secondary N) is 2. The van der Waals surface area contributed by atoms with E-state index in [0.717, 1.165) is 0 Å². The van der Waals surface area contributed by atoms with E-state index in [9.17, 15) is 24.5 Å². The van der Waals surface area contributed by atoms with E-state index in [2.05, 4.69) is 10.6 Å². The van der Waals surface area contributed by atoms with Crippen LogP contribution in [0.15, 0.2) is 71.4 Å². The Balaban J connectivity index is 2.15. The van der Waals surface area contributed by atoms with Gasteiger partial charge in [-0.05, 0) is 38.8 Å². The van der Waals surface area contributed by atoms with E-state index < -0.39 is 40.8 Å². The maximum atomic E-state index is 13.5. The number of rotatable bonds is 7. The number of methoxy groups -OCH3 is 1. The van der Waals surface area contributed by atoms with Crippen LogP contribution in [-0.4, -0.2) is 42.0 Å². The van der Waals surface area contributed by atoms with Crippen LogP contribution in [0.5, 0.6) is 0 Å². The molecule has 0 radical (unpaired) electrons. The maximum Gasteiger partial charge on any atom is 0.336 e. The van der Waals surface area contributed by atoms with E-state index in [1.54, 1.807) is 58.0 Å². The van der Waals surface area contributed by atoms with E-state index in [4.69, 9.17) is 9.47 Å². The lowest BCUT2D eigenvalue weighted by Crippen LogP contribution is -2.39. The molecule has 1 atom stereocenters. The molecule has 0 saturated heterocycles. The van der Waals surface area contributed by atoms with Crippen LogP contribution in [0, 0.1) is 10.1 Å². The minimum atomic E-state index is -1.03. The zero-order valence-corrected chi connectivity index (χ0v) is 21.3. The summed E-state index contributed by atoms with van der Waals surface area (Å²) >= 11 is 0. The number of hydrogen-bond donors (Lipinski definition) is 2. The zero-order valence-electron chi connectivity index (χ0n) is 21.3. The zero-order chi connectivity index (χ0) is 27.3. The van der Waals surface area contributed by atoms with Gasteiger partial charge in [0.1, 0.15) is 12.1 Å². The Morgan fingerprint density at radius 2 is 1.73 bits per heavy atom. The lowest BCUT2D eigenvalue weighted by molar-refractivity contribution is -0.384. The van der Waals surface area contributed by atoms with E-state index in [-0.39, 0.29) is 16.8 Å². The first-order chi connectivity index (χ1) is 17.4. The molecule has 2 aromatic rings. The molecule has 2 aromatic carbocycles. The fourth-order valence-electron chi connectivity index (χ4n) is 4.07. The van der Waals surface area contributed by atoms with Crippen LogP contribution in [0.4, 0.5) is 5.69 Å². The number of nitro groups is 1. The second kappa shape index (κ2) is 11.1. The lowest BCUT2D eigenvalue weighted by atomic mass is 9.78. The molecule has 0 aliphatic carbocycles. The van der Waals surface area contributed by atoms with Gasteiger partial charge in [-0.2, -0.15) is 0 Å². The highest BCUT2D eigenvalue weighted by atomic mass is 16.6. The van der Waals surface area contributed by atoms with Crippen molar-refractivity contribution in [1.29, 1.82) is 0 Å². The number of allylic oxidation sites excluding steroid dienone is 1. The summed E-state index contributed by atoms with van der Waals surface area (Å²) in [5.74, 6) is -3.01. The lowest BCUT2D eigenvalue weighted by Gasteiger charge is -2.32. The van der Waals surface area contributed by atoms with Crippen molar-refractivity contribution >= 4 is 29.2 Å². The Bertz CT molecular complexity index is 1290. The van der Waals surface area contributed by atoms with Crippen LogP contribution < -0.4 is 10.6 Å². The predicted molar refractivity (Wildman–Crippen MR) is 136 cm³/mol. The normalized spacial score (nSPS) is 15.5. The van der Waals surface area contributed by atoms with Gasteiger partial charge in [0, 0.05) is 23.4 Å². The first-order valence-corrected chi connectivity index (χ1v) is 11.5. The van der Waals surface area contributed by atoms with Crippen LogP contribution in [0.25, 0.3) is 5.70 Å². The van der Waals surface area contributed by atoms with Crippen molar-refractivity contribution in [2.45, 2.75) is 39.2 Å². The molecule has 10 nitrogen and oxygen atoms in total. The summed E-state index contributed by atoms with van der Waals surface area (Å²) in [6.45, 7) is 6.38. The number of ether oxygens (including phenoxy) is 2. The standard InChI is InChI=1S/C27H29N3O7/c1-16-21(25(32)28-15-20(31)37-27(2,3)4)22(18-12-9-13-19(14-18)30(34)35)23(26(33)36-5)24(29-16)17-10-7-6-8-11-17/h6-14,22,29H,15H2,1-5H3,(H,28,32). The molecule has 1 unspecified atom stereocenters. The minimum Gasteiger partial charge on any atom is -0.466 e. The minimum absolute atomic E-state index is 0.0993.